The third-order valence-corrected chi connectivity index (χ3v) is 4.90. The molecule has 0 bridgehead atoms. The first-order valence-corrected chi connectivity index (χ1v) is 9.29. The molecule has 0 N–H and O–H groups in total. The van der Waals surface area contributed by atoms with Crippen LogP contribution in [0.1, 0.15) is 51.0 Å². The Morgan fingerprint density at radius 1 is 0.926 bits per heavy atom. The molecule has 27 heavy (non-hydrogen) atoms. The fourth-order valence-electron chi connectivity index (χ4n) is 3.33. The van der Waals surface area contributed by atoms with E-state index in [2.05, 4.69) is 6.92 Å². The van der Waals surface area contributed by atoms with E-state index in [1.54, 1.807) is 12.3 Å². The van der Waals surface area contributed by atoms with Gasteiger partial charge in [-0.2, -0.15) is 0 Å². The van der Waals surface area contributed by atoms with Crippen molar-refractivity contribution < 1.29 is 22.3 Å². The highest BCUT2D eigenvalue weighted by Crippen LogP contribution is 2.32. The first-order chi connectivity index (χ1) is 13.0. The Balaban J connectivity index is 1.76. The van der Waals surface area contributed by atoms with E-state index < -0.39 is 23.3 Å². The van der Waals surface area contributed by atoms with Crippen LogP contribution in [0.5, 0.6) is 0 Å². The number of allylic oxidation sites excluding steroid dienone is 1. The molecule has 0 aliphatic carbocycles. The Hall–Kier alpha value is -2.30. The number of hydrogen-bond acceptors (Lipinski definition) is 1. The molecular weight excluding hydrogens is 356 g/mol. The van der Waals surface area contributed by atoms with Gasteiger partial charge in [0.1, 0.15) is 5.82 Å². The lowest BCUT2D eigenvalue weighted by atomic mass is 9.94. The Labute approximate surface area is 156 Å². The molecule has 144 valence electrons. The fourth-order valence-corrected chi connectivity index (χ4v) is 3.33. The molecule has 0 spiro atoms. The second-order valence-corrected chi connectivity index (χ2v) is 6.88. The smallest absolute Gasteiger partial charge is 0.194 e. The zero-order valence-corrected chi connectivity index (χ0v) is 15.2. The predicted molar refractivity (Wildman–Crippen MR) is 97.9 cm³/mol. The van der Waals surface area contributed by atoms with Crippen molar-refractivity contribution in [3.63, 3.8) is 0 Å². The summed E-state index contributed by atoms with van der Waals surface area (Å²) >= 11 is 0. The highest BCUT2D eigenvalue weighted by Gasteiger charge is 2.18. The van der Waals surface area contributed by atoms with Crippen LogP contribution in [0.4, 0.5) is 17.6 Å². The molecule has 0 amide bonds. The van der Waals surface area contributed by atoms with Crippen LogP contribution in [0.25, 0.3) is 16.7 Å². The highest BCUT2D eigenvalue weighted by atomic mass is 19.2. The van der Waals surface area contributed by atoms with Gasteiger partial charge in [0.15, 0.2) is 17.5 Å². The van der Waals surface area contributed by atoms with Crippen LogP contribution >= 0.6 is 0 Å². The van der Waals surface area contributed by atoms with Gasteiger partial charge in [-0.3, -0.25) is 0 Å². The third kappa shape index (κ3) is 4.52. The first-order valence-electron chi connectivity index (χ1n) is 9.29. The lowest BCUT2D eigenvalue weighted by Gasteiger charge is -2.23. The third-order valence-electron chi connectivity index (χ3n) is 4.90. The molecule has 5 heteroatoms. The average molecular weight is 378 g/mol. The summed E-state index contributed by atoms with van der Waals surface area (Å²) in [6.07, 6.45) is 8.07. The summed E-state index contributed by atoms with van der Waals surface area (Å²) in [6, 6.07) is 6.04. The van der Waals surface area contributed by atoms with Crippen LogP contribution in [0.2, 0.25) is 0 Å². The Morgan fingerprint density at radius 3 is 2.22 bits per heavy atom. The van der Waals surface area contributed by atoms with E-state index in [1.807, 2.05) is 0 Å². The van der Waals surface area contributed by atoms with Gasteiger partial charge in [-0.15, -0.1) is 0 Å². The van der Waals surface area contributed by atoms with Crippen molar-refractivity contribution in [2.45, 2.75) is 51.6 Å². The second kappa shape index (κ2) is 8.59. The Morgan fingerprint density at radius 2 is 1.63 bits per heavy atom. The SMILES string of the molecule is CCCCCC1CCC(c2ccc(-c3cc(F)c(F)c(F)c3)c(F)c2)=CO1. The van der Waals surface area contributed by atoms with E-state index in [0.717, 1.165) is 43.4 Å². The molecule has 0 saturated carbocycles. The summed E-state index contributed by atoms with van der Waals surface area (Å²) in [7, 11) is 0. The molecule has 0 fully saturated rings. The van der Waals surface area contributed by atoms with Crippen molar-refractivity contribution >= 4 is 5.57 Å². The number of benzene rings is 2. The van der Waals surface area contributed by atoms with E-state index in [0.29, 0.717) is 5.56 Å². The van der Waals surface area contributed by atoms with Gasteiger partial charge in [0.05, 0.1) is 12.4 Å². The van der Waals surface area contributed by atoms with Gasteiger partial charge in [-0.25, -0.2) is 17.6 Å². The van der Waals surface area contributed by atoms with Crippen molar-refractivity contribution in [3.05, 3.63) is 65.4 Å². The van der Waals surface area contributed by atoms with Gasteiger partial charge in [0, 0.05) is 5.56 Å². The minimum absolute atomic E-state index is 0.0197. The predicted octanol–water partition coefficient (Wildman–Crippen LogP) is 7.01. The summed E-state index contributed by atoms with van der Waals surface area (Å²) < 4.78 is 60.2. The van der Waals surface area contributed by atoms with E-state index in [-0.39, 0.29) is 17.2 Å². The van der Waals surface area contributed by atoms with Crippen molar-refractivity contribution in [2.75, 3.05) is 0 Å². The maximum absolute atomic E-state index is 14.5. The van der Waals surface area contributed by atoms with Crippen LogP contribution in [-0.4, -0.2) is 6.10 Å². The summed E-state index contributed by atoms with van der Waals surface area (Å²) in [5.41, 5.74) is 1.54. The normalized spacial score (nSPS) is 16.8. The Kier molecular flexibility index (Phi) is 6.19. The van der Waals surface area contributed by atoms with Gasteiger partial charge in [-0.1, -0.05) is 31.9 Å². The van der Waals surface area contributed by atoms with Gasteiger partial charge in [0.2, 0.25) is 0 Å². The molecule has 1 aliphatic heterocycles. The highest BCUT2D eigenvalue weighted by molar-refractivity contribution is 5.71. The quantitative estimate of drug-likeness (QED) is 0.298. The zero-order chi connectivity index (χ0) is 19.4. The topological polar surface area (TPSA) is 9.23 Å². The van der Waals surface area contributed by atoms with Crippen LogP contribution < -0.4 is 0 Å². The van der Waals surface area contributed by atoms with E-state index in [9.17, 15) is 17.6 Å². The van der Waals surface area contributed by atoms with Crippen molar-refractivity contribution in [1.82, 2.24) is 0 Å². The lowest BCUT2D eigenvalue weighted by molar-refractivity contribution is 0.116. The minimum atomic E-state index is -1.56. The summed E-state index contributed by atoms with van der Waals surface area (Å²) in [4.78, 5) is 0. The average Bonchev–Trinajstić information content (AvgIpc) is 2.66. The molecular formula is C22H22F4O. The number of ether oxygens (including phenoxy) is 1. The molecule has 1 heterocycles. The van der Waals surface area contributed by atoms with Crippen molar-refractivity contribution in [3.8, 4) is 11.1 Å². The molecule has 2 aromatic rings. The molecule has 1 aliphatic rings. The van der Waals surface area contributed by atoms with Gasteiger partial charge in [0.25, 0.3) is 0 Å². The fraction of sp³-hybridized carbons (Fsp3) is 0.364. The van der Waals surface area contributed by atoms with Crippen molar-refractivity contribution in [2.24, 2.45) is 0 Å². The number of halogens is 4. The van der Waals surface area contributed by atoms with E-state index in [4.69, 9.17) is 4.74 Å². The maximum atomic E-state index is 14.5. The Bertz CT molecular complexity index is 821. The molecule has 2 aromatic carbocycles. The van der Waals surface area contributed by atoms with Crippen LogP contribution in [0, 0.1) is 23.3 Å². The van der Waals surface area contributed by atoms with Gasteiger partial charge in [-0.05, 0) is 60.6 Å². The number of rotatable bonds is 6. The summed E-state index contributed by atoms with van der Waals surface area (Å²) in [6.45, 7) is 2.16. The first kappa shape index (κ1) is 19.5. The molecule has 0 aromatic heterocycles. The minimum Gasteiger partial charge on any atom is -0.498 e. The monoisotopic (exact) mass is 378 g/mol. The van der Waals surface area contributed by atoms with Crippen LogP contribution in [0.3, 0.4) is 0 Å². The maximum Gasteiger partial charge on any atom is 0.194 e. The van der Waals surface area contributed by atoms with Crippen LogP contribution in [0.15, 0.2) is 36.6 Å². The molecule has 1 unspecified atom stereocenters. The largest absolute Gasteiger partial charge is 0.498 e. The van der Waals surface area contributed by atoms with E-state index in [1.165, 1.54) is 25.0 Å². The molecule has 1 atom stereocenters. The van der Waals surface area contributed by atoms with Crippen molar-refractivity contribution in [1.29, 1.82) is 0 Å². The van der Waals surface area contributed by atoms with Gasteiger partial charge < -0.3 is 4.74 Å². The zero-order valence-electron chi connectivity index (χ0n) is 15.2. The molecule has 1 nitrogen and oxygen atoms in total. The van der Waals surface area contributed by atoms with Gasteiger partial charge >= 0.3 is 0 Å². The summed E-state index contributed by atoms with van der Waals surface area (Å²) in [5.74, 6) is -4.87. The molecule has 3 rings (SSSR count). The van der Waals surface area contributed by atoms with Crippen LogP contribution in [-0.2, 0) is 4.74 Å². The second-order valence-electron chi connectivity index (χ2n) is 6.88. The number of hydrogen-bond donors (Lipinski definition) is 0. The lowest BCUT2D eigenvalue weighted by Crippen LogP contribution is -2.14. The molecule has 0 radical (unpaired) electrons. The number of unbranched alkanes of at least 4 members (excludes halogenated alkanes) is 2. The standard InChI is InChI=1S/C22H22F4O/c1-2-3-4-5-17-8-6-15(13-27-17)14-7-9-18(19(23)10-14)16-11-20(24)22(26)21(25)12-16/h7,9-13,17H,2-6,8H2,1H3. The summed E-state index contributed by atoms with van der Waals surface area (Å²) in [5, 5.41) is 0. The van der Waals surface area contributed by atoms with E-state index >= 15 is 0 Å². The molecule has 0 saturated heterocycles.